The van der Waals surface area contributed by atoms with E-state index in [1.807, 2.05) is 0 Å². The zero-order chi connectivity index (χ0) is 10.6. The minimum Gasteiger partial charge on any atom is -0.327 e. The molecule has 2 atom stereocenters. The summed E-state index contributed by atoms with van der Waals surface area (Å²) in [7, 11) is 0. The van der Waals surface area contributed by atoms with Crippen molar-refractivity contribution in [1.29, 1.82) is 0 Å². The summed E-state index contributed by atoms with van der Waals surface area (Å²) in [6.45, 7) is 4.48. The van der Waals surface area contributed by atoms with Gasteiger partial charge in [0.1, 0.15) is 0 Å². The third-order valence-electron chi connectivity index (χ3n) is 4.29. The average Bonchev–Trinajstić information content (AvgIpc) is 2.63. The number of nitrogens with one attached hydrogen (secondary N) is 1. The molecule has 0 aromatic carbocycles. The minimum absolute atomic E-state index is 0.250. The Morgan fingerprint density at radius 2 is 2.00 bits per heavy atom. The van der Waals surface area contributed by atoms with Crippen molar-refractivity contribution in [3.63, 3.8) is 0 Å². The van der Waals surface area contributed by atoms with Crippen LogP contribution in [0, 0.1) is 5.41 Å². The highest BCUT2D eigenvalue weighted by atomic mass is 15.1. The van der Waals surface area contributed by atoms with Crippen LogP contribution in [-0.2, 0) is 12.8 Å². The molecule has 2 unspecified atom stereocenters. The molecule has 15 heavy (non-hydrogen) atoms. The summed E-state index contributed by atoms with van der Waals surface area (Å²) in [5.41, 5.74) is 10.5. The van der Waals surface area contributed by atoms with Crippen molar-refractivity contribution in [1.82, 2.24) is 10.2 Å². The van der Waals surface area contributed by atoms with Crippen LogP contribution in [0.5, 0.6) is 0 Å². The number of nitrogens with zero attached hydrogens (tertiary/aromatic N) is 1. The molecule has 0 spiro atoms. The van der Waals surface area contributed by atoms with Gasteiger partial charge in [-0.25, -0.2) is 0 Å². The Hall–Kier alpha value is -0.830. The lowest BCUT2D eigenvalue weighted by Gasteiger charge is -2.11. The third-order valence-corrected chi connectivity index (χ3v) is 4.29. The van der Waals surface area contributed by atoms with E-state index >= 15 is 0 Å². The van der Waals surface area contributed by atoms with Crippen LogP contribution in [0.1, 0.15) is 49.6 Å². The molecule has 1 fully saturated rings. The Labute approximate surface area is 90.4 Å². The molecule has 2 aliphatic rings. The predicted molar refractivity (Wildman–Crippen MR) is 59.7 cm³/mol. The van der Waals surface area contributed by atoms with Crippen molar-refractivity contribution in [3.8, 4) is 0 Å². The van der Waals surface area contributed by atoms with Gasteiger partial charge in [-0.1, -0.05) is 13.8 Å². The summed E-state index contributed by atoms with van der Waals surface area (Å²) in [5.74, 6) is 0.482. The number of hydrogen-bond acceptors (Lipinski definition) is 2. The van der Waals surface area contributed by atoms with Gasteiger partial charge in [0.2, 0.25) is 0 Å². The molecule has 1 heterocycles. The number of fused-ring (bicyclic) bond motifs is 1. The molecule has 3 heteroatoms. The van der Waals surface area contributed by atoms with Gasteiger partial charge in [-0.3, -0.25) is 5.10 Å². The number of hydrogen-bond donors (Lipinski definition) is 2. The first kappa shape index (κ1) is 9.40. The minimum atomic E-state index is 0.250. The monoisotopic (exact) mass is 205 g/mol. The molecular weight excluding hydrogens is 186 g/mol. The van der Waals surface area contributed by atoms with Crippen molar-refractivity contribution in [2.75, 3.05) is 0 Å². The molecule has 0 saturated heterocycles. The van der Waals surface area contributed by atoms with Gasteiger partial charge in [-0.05, 0) is 36.7 Å². The van der Waals surface area contributed by atoms with Gasteiger partial charge in [0, 0.05) is 17.7 Å². The first-order valence-corrected chi connectivity index (χ1v) is 5.94. The van der Waals surface area contributed by atoms with Crippen LogP contribution in [0.15, 0.2) is 0 Å². The summed E-state index contributed by atoms with van der Waals surface area (Å²) in [4.78, 5) is 0. The second kappa shape index (κ2) is 2.85. The number of aromatic nitrogens is 2. The largest absolute Gasteiger partial charge is 0.327 e. The molecule has 3 rings (SSSR count). The van der Waals surface area contributed by atoms with Gasteiger partial charge >= 0.3 is 0 Å². The quantitative estimate of drug-likeness (QED) is 0.733. The maximum atomic E-state index is 6.11. The Kier molecular flexibility index (Phi) is 1.78. The van der Waals surface area contributed by atoms with E-state index in [4.69, 9.17) is 5.73 Å². The molecule has 3 nitrogen and oxygen atoms in total. The van der Waals surface area contributed by atoms with Gasteiger partial charge < -0.3 is 5.73 Å². The number of rotatable bonds is 1. The normalized spacial score (nSPS) is 32.5. The van der Waals surface area contributed by atoms with Gasteiger partial charge in [0.05, 0.1) is 5.69 Å². The molecule has 1 aromatic heterocycles. The SMILES string of the molecule is CC1(C)C(N)C1c1n[nH]c2c1CCCC2. The van der Waals surface area contributed by atoms with Crippen molar-refractivity contribution in [3.05, 3.63) is 17.0 Å². The molecule has 1 aromatic rings. The highest BCUT2D eigenvalue weighted by Gasteiger charge is 2.58. The van der Waals surface area contributed by atoms with E-state index in [1.54, 1.807) is 0 Å². The lowest BCUT2D eigenvalue weighted by molar-refractivity contribution is 0.592. The number of H-pyrrole nitrogens is 1. The molecule has 0 aliphatic heterocycles. The van der Waals surface area contributed by atoms with E-state index in [-0.39, 0.29) is 5.41 Å². The van der Waals surface area contributed by atoms with Gasteiger partial charge in [-0.2, -0.15) is 5.10 Å². The zero-order valence-electron chi connectivity index (χ0n) is 9.51. The second-order valence-corrected chi connectivity index (χ2v) is 5.60. The summed E-state index contributed by atoms with van der Waals surface area (Å²) in [6, 6.07) is 0.298. The fraction of sp³-hybridized carbons (Fsp3) is 0.750. The zero-order valence-corrected chi connectivity index (χ0v) is 9.51. The van der Waals surface area contributed by atoms with E-state index in [2.05, 4.69) is 24.0 Å². The number of aryl methyl sites for hydroxylation is 1. The highest BCUT2D eigenvalue weighted by molar-refractivity contribution is 5.38. The molecule has 0 bridgehead atoms. The molecule has 3 N–H and O–H groups in total. The van der Waals surface area contributed by atoms with Crippen LogP contribution in [0.3, 0.4) is 0 Å². The molecule has 1 saturated carbocycles. The molecule has 0 amide bonds. The van der Waals surface area contributed by atoms with E-state index in [0.717, 1.165) is 0 Å². The summed E-state index contributed by atoms with van der Waals surface area (Å²) >= 11 is 0. The smallest absolute Gasteiger partial charge is 0.0709 e. The third kappa shape index (κ3) is 1.19. The van der Waals surface area contributed by atoms with Gasteiger partial charge in [0.25, 0.3) is 0 Å². The first-order chi connectivity index (χ1) is 7.12. The molecule has 0 radical (unpaired) electrons. The lowest BCUT2D eigenvalue weighted by atomic mass is 9.93. The maximum Gasteiger partial charge on any atom is 0.0709 e. The Morgan fingerprint density at radius 1 is 1.33 bits per heavy atom. The molecular formula is C12H19N3. The van der Waals surface area contributed by atoms with Crippen molar-refractivity contribution < 1.29 is 0 Å². The molecule has 82 valence electrons. The number of nitrogens with two attached hydrogens (primary N) is 1. The van der Waals surface area contributed by atoms with E-state index in [9.17, 15) is 0 Å². The van der Waals surface area contributed by atoms with Crippen LogP contribution in [0.4, 0.5) is 0 Å². The Bertz CT molecular complexity index is 392. The van der Waals surface area contributed by atoms with Crippen LogP contribution < -0.4 is 5.73 Å². The van der Waals surface area contributed by atoms with E-state index in [1.165, 1.54) is 42.6 Å². The predicted octanol–water partition coefficient (Wildman–Crippen LogP) is 1.74. The fourth-order valence-corrected chi connectivity index (χ4v) is 2.96. The summed E-state index contributed by atoms with van der Waals surface area (Å²) in [5, 5.41) is 7.70. The van der Waals surface area contributed by atoms with Crippen LogP contribution in [0.25, 0.3) is 0 Å². The van der Waals surface area contributed by atoms with Crippen LogP contribution in [-0.4, -0.2) is 16.2 Å². The lowest BCUT2D eigenvalue weighted by Crippen LogP contribution is -2.07. The first-order valence-electron chi connectivity index (χ1n) is 5.94. The average molecular weight is 205 g/mol. The van der Waals surface area contributed by atoms with Crippen molar-refractivity contribution >= 4 is 0 Å². The fourth-order valence-electron chi connectivity index (χ4n) is 2.96. The van der Waals surface area contributed by atoms with Crippen molar-refractivity contribution in [2.24, 2.45) is 11.1 Å². The van der Waals surface area contributed by atoms with Crippen LogP contribution in [0.2, 0.25) is 0 Å². The second-order valence-electron chi connectivity index (χ2n) is 5.60. The Balaban J connectivity index is 1.97. The molecule has 2 aliphatic carbocycles. The van der Waals surface area contributed by atoms with Gasteiger partial charge in [-0.15, -0.1) is 0 Å². The highest BCUT2D eigenvalue weighted by Crippen LogP contribution is 2.57. The summed E-state index contributed by atoms with van der Waals surface area (Å²) in [6.07, 6.45) is 4.97. The summed E-state index contributed by atoms with van der Waals surface area (Å²) < 4.78 is 0. The van der Waals surface area contributed by atoms with E-state index < -0.39 is 0 Å². The van der Waals surface area contributed by atoms with E-state index in [0.29, 0.717) is 12.0 Å². The van der Waals surface area contributed by atoms with Gasteiger partial charge in [0.15, 0.2) is 0 Å². The topological polar surface area (TPSA) is 54.7 Å². The Morgan fingerprint density at radius 3 is 2.67 bits per heavy atom. The van der Waals surface area contributed by atoms with Crippen molar-refractivity contribution in [2.45, 2.75) is 51.5 Å². The van der Waals surface area contributed by atoms with Crippen LogP contribution >= 0.6 is 0 Å². The number of aromatic amines is 1. The maximum absolute atomic E-state index is 6.11. The standard InChI is InChI=1S/C12H19N3/c1-12(2)9(11(12)13)10-7-5-3-4-6-8(7)14-15-10/h9,11H,3-6,13H2,1-2H3,(H,14,15).